The third-order valence-corrected chi connectivity index (χ3v) is 6.84. The zero-order valence-electron chi connectivity index (χ0n) is 21.1. The Kier molecular flexibility index (Phi) is 17.3. The van der Waals surface area contributed by atoms with E-state index in [-0.39, 0.29) is 32.7 Å². The molecule has 0 bridgehead atoms. The Hall–Kier alpha value is -0.720. The fraction of sp³-hybridized carbons (Fsp3) is 0.750. The van der Waals surface area contributed by atoms with Crippen LogP contribution in [0.15, 0.2) is 18.2 Å². The van der Waals surface area contributed by atoms with Crippen LogP contribution in [-0.4, -0.2) is 144 Å². The maximum absolute atomic E-state index is 10.5. The minimum atomic E-state index is -1.69. The summed E-state index contributed by atoms with van der Waals surface area (Å²) in [7, 11) is 0. The van der Waals surface area contributed by atoms with Gasteiger partial charge in [0, 0.05) is 44.0 Å². The van der Waals surface area contributed by atoms with E-state index in [4.69, 9.17) is 14.9 Å². The Balaban J connectivity index is 2.88. The molecule has 0 aliphatic carbocycles. The molecule has 0 saturated heterocycles. The zero-order chi connectivity index (χ0) is 28.8. The average Bonchev–Trinajstić information content (AvgIpc) is 2.91. The van der Waals surface area contributed by atoms with Crippen LogP contribution in [-0.2, 0) is 11.5 Å². The summed E-state index contributed by atoms with van der Waals surface area (Å²) in [6.07, 6.45) is -12.8. The van der Waals surface area contributed by atoms with Gasteiger partial charge in [-0.1, -0.05) is 6.07 Å². The molecule has 0 fully saturated rings. The summed E-state index contributed by atoms with van der Waals surface area (Å²) in [5, 5.41) is 98.3. The van der Waals surface area contributed by atoms with Gasteiger partial charge in [-0.25, -0.2) is 0 Å². The van der Waals surface area contributed by atoms with Crippen molar-refractivity contribution in [2.45, 2.75) is 73.2 Å². The van der Waals surface area contributed by atoms with E-state index in [2.05, 4.69) is 25.3 Å². The molecule has 0 unspecified atom stereocenters. The Labute approximate surface area is 233 Å². The lowest BCUT2D eigenvalue weighted by Crippen LogP contribution is -2.50. The van der Waals surface area contributed by atoms with Crippen LogP contribution in [0.5, 0.6) is 5.75 Å². The van der Waals surface area contributed by atoms with Gasteiger partial charge in [0.25, 0.3) is 0 Å². The Bertz CT molecular complexity index is 781. The first-order chi connectivity index (χ1) is 18.0. The van der Waals surface area contributed by atoms with Gasteiger partial charge in [-0.15, -0.1) is 0 Å². The predicted octanol–water partition coefficient (Wildman–Crippen LogP) is -3.12. The number of aliphatic hydroxyl groups excluding tert-OH is 10. The highest BCUT2D eigenvalue weighted by Gasteiger charge is 2.30. The Morgan fingerprint density at radius 3 is 1.87 bits per heavy atom. The van der Waals surface area contributed by atoms with Gasteiger partial charge in [-0.2, -0.15) is 25.3 Å². The molecule has 1 rings (SSSR count). The second kappa shape index (κ2) is 18.6. The lowest BCUT2D eigenvalue weighted by molar-refractivity contribution is -0.0932. The molecule has 8 atom stereocenters. The normalized spacial score (nSPS) is 18.4. The average molecular weight is 586 g/mol. The molecule has 222 valence electrons. The number of thiol groups is 2. The maximum Gasteiger partial charge on any atom is 0.119 e. The summed E-state index contributed by atoms with van der Waals surface area (Å²) >= 11 is 8.59. The van der Waals surface area contributed by atoms with E-state index in [1.807, 2.05) is 12.1 Å². The van der Waals surface area contributed by atoms with Crippen LogP contribution in [0.25, 0.3) is 0 Å². The van der Waals surface area contributed by atoms with E-state index < -0.39 is 68.5 Å². The summed E-state index contributed by atoms with van der Waals surface area (Å²) < 4.78 is 5.79. The van der Waals surface area contributed by atoms with E-state index in [1.54, 1.807) is 6.07 Å². The van der Waals surface area contributed by atoms with E-state index in [1.165, 1.54) is 4.90 Å². The summed E-state index contributed by atoms with van der Waals surface area (Å²) in [4.78, 5) is 1.47. The highest BCUT2D eigenvalue weighted by Crippen LogP contribution is 2.21. The molecule has 12 nitrogen and oxygen atoms in total. The number of hydrogen-bond donors (Lipinski definition) is 12. The molecule has 10 N–H and O–H groups in total. The Morgan fingerprint density at radius 2 is 1.29 bits per heavy atom. The van der Waals surface area contributed by atoms with Gasteiger partial charge in [-0.3, -0.25) is 4.90 Å². The molecule has 0 aliphatic heterocycles. The number of ether oxygens (including phenoxy) is 1. The van der Waals surface area contributed by atoms with Crippen LogP contribution in [0.3, 0.4) is 0 Å². The highest BCUT2D eigenvalue weighted by atomic mass is 32.1. The van der Waals surface area contributed by atoms with Crippen molar-refractivity contribution in [3.63, 3.8) is 0 Å². The molecule has 0 saturated carbocycles. The molecule has 0 heterocycles. The number of benzene rings is 1. The van der Waals surface area contributed by atoms with Crippen molar-refractivity contribution in [1.29, 1.82) is 0 Å². The van der Waals surface area contributed by atoms with Gasteiger partial charge >= 0.3 is 0 Å². The quantitative estimate of drug-likeness (QED) is 0.0685. The summed E-state index contributed by atoms with van der Waals surface area (Å²) in [5.74, 6) is 1.57. The van der Waals surface area contributed by atoms with Gasteiger partial charge in [0.15, 0.2) is 0 Å². The van der Waals surface area contributed by atoms with E-state index in [0.717, 1.165) is 11.1 Å². The lowest BCUT2D eigenvalue weighted by atomic mass is 10.0. The van der Waals surface area contributed by atoms with Crippen molar-refractivity contribution >= 4 is 25.3 Å². The van der Waals surface area contributed by atoms with Gasteiger partial charge in [0.05, 0.1) is 49.8 Å². The second-order valence-corrected chi connectivity index (χ2v) is 9.87. The van der Waals surface area contributed by atoms with Crippen LogP contribution in [0.4, 0.5) is 0 Å². The molecule has 14 heteroatoms. The molecule has 0 spiro atoms. The summed E-state index contributed by atoms with van der Waals surface area (Å²) in [5.41, 5.74) is 1.95. The molecular weight excluding hydrogens is 542 g/mol. The van der Waals surface area contributed by atoms with Crippen LogP contribution >= 0.6 is 25.3 Å². The second-order valence-electron chi connectivity index (χ2n) is 9.24. The fourth-order valence-electron chi connectivity index (χ4n) is 3.73. The molecule has 1 aromatic rings. The van der Waals surface area contributed by atoms with Crippen LogP contribution in [0.1, 0.15) is 24.0 Å². The first-order valence-electron chi connectivity index (χ1n) is 12.3. The van der Waals surface area contributed by atoms with Crippen molar-refractivity contribution in [3.8, 4) is 5.75 Å². The van der Waals surface area contributed by atoms with Crippen LogP contribution in [0.2, 0.25) is 0 Å². The van der Waals surface area contributed by atoms with E-state index in [9.17, 15) is 40.9 Å². The molecule has 0 amide bonds. The van der Waals surface area contributed by atoms with Crippen molar-refractivity contribution in [1.82, 2.24) is 4.90 Å². The van der Waals surface area contributed by atoms with Crippen LogP contribution < -0.4 is 4.74 Å². The molecule has 0 aromatic heterocycles. The van der Waals surface area contributed by atoms with Crippen LogP contribution in [0, 0.1) is 0 Å². The number of hydrogen-bond acceptors (Lipinski definition) is 14. The standard InChI is InChI=1S/C24H43NO11S2/c26-10-16(28)6-20(31)24(35)22(33)9-25(8-21(32)18(29)7-19(30)23(34)11-27)3-4-36-17-2-1-14(12-37)15(5-17)13-38/h1-2,5,16,18-24,26-35,37-38H,3-4,6-13H2/t16-,18-,19-,20+,21-,22-,23+,24-/m0/s1. The zero-order valence-corrected chi connectivity index (χ0v) is 22.9. The van der Waals surface area contributed by atoms with Gasteiger partial charge in [-0.05, 0) is 23.3 Å². The van der Waals surface area contributed by atoms with Gasteiger partial charge in [0.2, 0.25) is 0 Å². The molecule has 0 aliphatic rings. The lowest BCUT2D eigenvalue weighted by Gasteiger charge is -2.32. The first kappa shape index (κ1) is 35.3. The molecular formula is C24H43NO11S2. The minimum absolute atomic E-state index is 0.0789. The summed E-state index contributed by atoms with van der Waals surface area (Å²) in [6.45, 7) is -1.69. The summed E-state index contributed by atoms with van der Waals surface area (Å²) in [6, 6.07) is 5.44. The maximum atomic E-state index is 10.5. The third kappa shape index (κ3) is 12.2. The largest absolute Gasteiger partial charge is 0.492 e. The topological polar surface area (TPSA) is 215 Å². The third-order valence-electron chi connectivity index (χ3n) is 6.16. The molecule has 38 heavy (non-hydrogen) atoms. The predicted molar refractivity (Wildman–Crippen MR) is 145 cm³/mol. The molecule has 0 radical (unpaired) electrons. The van der Waals surface area contributed by atoms with Crippen molar-refractivity contribution in [3.05, 3.63) is 29.3 Å². The number of rotatable bonds is 20. The monoisotopic (exact) mass is 585 g/mol. The smallest absolute Gasteiger partial charge is 0.119 e. The van der Waals surface area contributed by atoms with E-state index in [0.29, 0.717) is 17.3 Å². The van der Waals surface area contributed by atoms with Crippen molar-refractivity contribution in [2.75, 3.05) is 39.5 Å². The molecule has 1 aromatic carbocycles. The number of aliphatic hydroxyl groups is 10. The van der Waals surface area contributed by atoms with Gasteiger partial charge in [0.1, 0.15) is 24.6 Å². The minimum Gasteiger partial charge on any atom is -0.492 e. The Morgan fingerprint density at radius 1 is 0.684 bits per heavy atom. The van der Waals surface area contributed by atoms with E-state index >= 15 is 0 Å². The van der Waals surface area contributed by atoms with Gasteiger partial charge < -0.3 is 55.8 Å². The van der Waals surface area contributed by atoms with Crippen molar-refractivity contribution < 1.29 is 55.8 Å². The highest BCUT2D eigenvalue weighted by molar-refractivity contribution is 7.79. The number of nitrogens with zero attached hydrogens (tertiary/aromatic N) is 1. The SMILES string of the molecule is OC[C@@H](O)C[C@@H](O)[C@H](O)[C@@H](O)CN(CCOc1ccc(CS)c(CS)c1)C[C@H](O)[C@@H](O)C[C@H](O)[C@H](O)CO. The fourth-order valence-corrected chi connectivity index (χ4v) is 4.34. The van der Waals surface area contributed by atoms with Crippen molar-refractivity contribution in [2.24, 2.45) is 0 Å². The first-order valence-corrected chi connectivity index (χ1v) is 13.6.